The Bertz CT molecular complexity index is 1170. The predicted molar refractivity (Wildman–Crippen MR) is 249 cm³/mol. The standard InChI is InChI=1S/C50H90NO7P/c1-6-8-10-12-14-16-18-20-21-22-23-24-25-26-27-28-29-30-32-34-36-38-40-42-45-55-47-49(48-57-59(53,54)56-46-44-51(3,4)5)58-50(52)43-41-39-37-35-33-31-19-17-15-13-11-9-7-2/h9,11,15,17-18,20,22-23,31,33,37,39,49H,6-8,10,12-14,16,19,21,24-30,32,34-36,38,40-48H2,1-5H3/b11-9-,17-15-,20-18-,23-22-,33-31-,39-37-. The summed E-state index contributed by atoms with van der Waals surface area (Å²) < 4.78 is 34.5. The molecule has 0 aliphatic rings. The number of phosphoric acid groups is 1. The van der Waals surface area contributed by atoms with Gasteiger partial charge in [-0.05, 0) is 70.6 Å². The minimum atomic E-state index is -4.55. The Hall–Kier alpha value is -2.06. The maximum absolute atomic E-state index is 12.6. The van der Waals surface area contributed by atoms with Crippen LogP contribution >= 0.6 is 7.82 Å². The first-order valence-electron chi connectivity index (χ1n) is 23.7. The van der Waals surface area contributed by atoms with Gasteiger partial charge in [0.2, 0.25) is 0 Å². The van der Waals surface area contributed by atoms with Crippen LogP contribution < -0.4 is 4.89 Å². The van der Waals surface area contributed by atoms with E-state index < -0.39 is 19.9 Å². The molecule has 342 valence electrons. The number of carbonyl (C=O) groups is 1. The van der Waals surface area contributed by atoms with E-state index in [0.29, 0.717) is 24.1 Å². The Kier molecular flexibility index (Phi) is 41.1. The van der Waals surface area contributed by atoms with Crippen LogP contribution in [0, 0.1) is 0 Å². The van der Waals surface area contributed by atoms with Crippen LogP contribution in [0.1, 0.15) is 181 Å². The molecule has 0 aliphatic carbocycles. The molecule has 9 heteroatoms. The van der Waals surface area contributed by atoms with Gasteiger partial charge in [-0.15, -0.1) is 0 Å². The Labute approximate surface area is 363 Å². The molecule has 0 rings (SSSR count). The van der Waals surface area contributed by atoms with E-state index in [1.807, 2.05) is 33.3 Å². The monoisotopic (exact) mass is 848 g/mol. The maximum Gasteiger partial charge on any atom is 0.306 e. The molecule has 0 fully saturated rings. The lowest BCUT2D eigenvalue weighted by atomic mass is 10.0. The molecule has 0 saturated carbocycles. The average molecular weight is 848 g/mol. The van der Waals surface area contributed by atoms with Crippen molar-refractivity contribution < 1.29 is 37.3 Å². The van der Waals surface area contributed by atoms with Gasteiger partial charge in [0.1, 0.15) is 19.3 Å². The van der Waals surface area contributed by atoms with Gasteiger partial charge in [-0.1, -0.05) is 177 Å². The maximum atomic E-state index is 12.6. The van der Waals surface area contributed by atoms with Gasteiger partial charge in [-0.2, -0.15) is 0 Å². The molecule has 0 radical (unpaired) electrons. The number of phosphoric ester groups is 1. The van der Waals surface area contributed by atoms with Crippen LogP contribution in [-0.4, -0.2) is 70.7 Å². The number of hydrogen-bond acceptors (Lipinski definition) is 7. The molecule has 0 amide bonds. The smallest absolute Gasteiger partial charge is 0.306 e. The minimum Gasteiger partial charge on any atom is -0.756 e. The van der Waals surface area contributed by atoms with E-state index in [0.717, 1.165) is 44.9 Å². The van der Waals surface area contributed by atoms with Gasteiger partial charge in [-0.25, -0.2) is 0 Å². The molecule has 0 aromatic carbocycles. The van der Waals surface area contributed by atoms with Gasteiger partial charge in [0.15, 0.2) is 0 Å². The third-order valence-electron chi connectivity index (χ3n) is 9.76. The van der Waals surface area contributed by atoms with Crippen molar-refractivity contribution in [2.45, 2.75) is 187 Å². The second kappa shape index (κ2) is 42.6. The molecule has 0 aromatic heterocycles. The molecule has 0 bridgehead atoms. The third-order valence-corrected chi connectivity index (χ3v) is 10.7. The van der Waals surface area contributed by atoms with Gasteiger partial charge in [0.05, 0.1) is 34.4 Å². The van der Waals surface area contributed by atoms with Crippen molar-refractivity contribution in [3.05, 3.63) is 72.9 Å². The number of ether oxygens (including phenoxy) is 2. The van der Waals surface area contributed by atoms with E-state index in [1.165, 1.54) is 109 Å². The Morgan fingerprint density at radius 2 is 0.983 bits per heavy atom. The highest BCUT2D eigenvalue weighted by Crippen LogP contribution is 2.38. The number of likely N-dealkylation sites (N-methyl/N-ethyl adjacent to an activating group) is 1. The van der Waals surface area contributed by atoms with E-state index in [9.17, 15) is 14.3 Å². The molecule has 0 N–H and O–H groups in total. The number of esters is 1. The SMILES string of the molecule is CC/C=C\C/C=C\C/C=C\C/C=C\CCC(=O)OC(COCCCCCCCCCCCCCC/C=C\C/C=C\CCCCCCC)COP(=O)([O-])OCC[N+](C)(C)C. The van der Waals surface area contributed by atoms with Crippen molar-refractivity contribution in [2.75, 3.05) is 54.1 Å². The fraction of sp³-hybridized carbons (Fsp3) is 0.740. The number of nitrogens with zero attached hydrogens (tertiary/aromatic N) is 1. The summed E-state index contributed by atoms with van der Waals surface area (Å²) in [5.74, 6) is -0.415. The fourth-order valence-electron chi connectivity index (χ4n) is 6.12. The second-order valence-electron chi connectivity index (χ2n) is 16.7. The molecule has 59 heavy (non-hydrogen) atoms. The molecule has 0 spiro atoms. The van der Waals surface area contributed by atoms with E-state index >= 15 is 0 Å². The highest BCUT2D eigenvalue weighted by molar-refractivity contribution is 7.45. The molecule has 2 atom stereocenters. The first kappa shape index (κ1) is 56.9. The summed E-state index contributed by atoms with van der Waals surface area (Å²) in [5.41, 5.74) is 0. The van der Waals surface area contributed by atoms with Gasteiger partial charge in [0.25, 0.3) is 7.82 Å². The number of hydrogen-bond donors (Lipinski definition) is 0. The van der Waals surface area contributed by atoms with Crippen LogP contribution in [-0.2, 0) is 27.9 Å². The van der Waals surface area contributed by atoms with Crippen LogP contribution in [0.2, 0.25) is 0 Å². The molecular formula is C50H90NO7P. The lowest BCUT2D eigenvalue weighted by molar-refractivity contribution is -0.870. The van der Waals surface area contributed by atoms with Crippen molar-refractivity contribution in [2.24, 2.45) is 0 Å². The number of unbranched alkanes of at least 4 members (excludes halogenated alkanes) is 17. The number of rotatable bonds is 43. The van der Waals surface area contributed by atoms with Crippen molar-refractivity contribution in [3.8, 4) is 0 Å². The molecule has 0 aliphatic heterocycles. The van der Waals surface area contributed by atoms with Crippen LogP contribution in [0.4, 0.5) is 0 Å². The van der Waals surface area contributed by atoms with Crippen LogP contribution in [0.3, 0.4) is 0 Å². The van der Waals surface area contributed by atoms with Crippen molar-refractivity contribution in [1.29, 1.82) is 0 Å². The first-order chi connectivity index (χ1) is 28.6. The Morgan fingerprint density at radius 3 is 1.47 bits per heavy atom. The topological polar surface area (TPSA) is 94.1 Å². The zero-order valence-electron chi connectivity index (χ0n) is 38.7. The molecule has 2 unspecified atom stereocenters. The summed E-state index contributed by atoms with van der Waals surface area (Å²) >= 11 is 0. The summed E-state index contributed by atoms with van der Waals surface area (Å²) in [4.78, 5) is 25.0. The van der Waals surface area contributed by atoms with Crippen molar-refractivity contribution >= 4 is 13.8 Å². The third kappa shape index (κ3) is 46.9. The summed E-state index contributed by atoms with van der Waals surface area (Å²) in [6, 6.07) is 0. The second-order valence-corrected chi connectivity index (χ2v) is 18.1. The van der Waals surface area contributed by atoms with E-state index in [2.05, 4.69) is 74.6 Å². The minimum absolute atomic E-state index is 0.0103. The van der Waals surface area contributed by atoms with Crippen LogP contribution in [0.25, 0.3) is 0 Å². The highest BCUT2D eigenvalue weighted by Gasteiger charge is 2.20. The average Bonchev–Trinajstić information content (AvgIpc) is 3.19. The van der Waals surface area contributed by atoms with Gasteiger partial charge in [-0.3, -0.25) is 9.36 Å². The first-order valence-corrected chi connectivity index (χ1v) is 25.1. The van der Waals surface area contributed by atoms with Gasteiger partial charge >= 0.3 is 5.97 Å². The predicted octanol–water partition coefficient (Wildman–Crippen LogP) is 13.6. The zero-order valence-corrected chi connectivity index (χ0v) is 39.6. The molecule has 0 aromatic rings. The molecule has 8 nitrogen and oxygen atoms in total. The summed E-state index contributed by atoms with van der Waals surface area (Å²) in [5, 5.41) is 0. The Balaban J connectivity index is 4.18. The summed E-state index contributed by atoms with van der Waals surface area (Å²) in [6.45, 7) is 5.17. The van der Waals surface area contributed by atoms with Crippen molar-refractivity contribution in [1.82, 2.24) is 0 Å². The number of carbonyl (C=O) groups excluding carboxylic acids is 1. The van der Waals surface area contributed by atoms with Gasteiger partial charge < -0.3 is 27.9 Å². The molecular weight excluding hydrogens is 758 g/mol. The van der Waals surface area contributed by atoms with Crippen LogP contribution in [0.15, 0.2) is 72.9 Å². The highest BCUT2D eigenvalue weighted by atomic mass is 31.2. The summed E-state index contributed by atoms with van der Waals surface area (Å²) in [7, 11) is 1.30. The Morgan fingerprint density at radius 1 is 0.542 bits per heavy atom. The normalized spacial score (nSPS) is 14.3. The van der Waals surface area contributed by atoms with E-state index in [-0.39, 0.29) is 26.2 Å². The lowest BCUT2D eigenvalue weighted by Crippen LogP contribution is -2.37. The molecule has 0 heterocycles. The largest absolute Gasteiger partial charge is 0.756 e. The van der Waals surface area contributed by atoms with E-state index in [1.54, 1.807) is 0 Å². The van der Waals surface area contributed by atoms with Crippen LogP contribution in [0.5, 0.6) is 0 Å². The quantitative estimate of drug-likeness (QED) is 0.0198. The van der Waals surface area contributed by atoms with E-state index in [4.69, 9.17) is 18.5 Å². The summed E-state index contributed by atoms with van der Waals surface area (Å²) in [6.07, 6.45) is 55.2. The van der Waals surface area contributed by atoms with Gasteiger partial charge in [0, 0.05) is 13.0 Å². The zero-order chi connectivity index (χ0) is 43.4. The molecule has 0 saturated heterocycles. The van der Waals surface area contributed by atoms with Crippen molar-refractivity contribution in [3.63, 3.8) is 0 Å². The fourth-order valence-corrected chi connectivity index (χ4v) is 6.85. The number of quaternary nitrogens is 1. The lowest BCUT2D eigenvalue weighted by Gasteiger charge is -2.28. The number of allylic oxidation sites excluding steroid dienone is 12.